The first-order chi connectivity index (χ1) is 13.8. The number of piperazine rings is 1. The van der Waals surface area contributed by atoms with Gasteiger partial charge < -0.3 is 5.32 Å². The summed E-state index contributed by atoms with van der Waals surface area (Å²) in [6, 6.07) is 5.36. The van der Waals surface area contributed by atoms with Crippen LogP contribution in [0.3, 0.4) is 0 Å². The Hall–Kier alpha value is -1.44. The van der Waals surface area contributed by atoms with Gasteiger partial charge in [-0.2, -0.15) is 4.31 Å². The maximum absolute atomic E-state index is 13.0. The molecule has 7 heteroatoms. The molecule has 6 nitrogen and oxygen atoms in total. The third-order valence-corrected chi connectivity index (χ3v) is 8.41. The summed E-state index contributed by atoms with van der Waals surface area (Å²) in [7, 11) is -3.49. The molecule has 1 aliphatic carbocycles. The molecule has 1 amide bonds. The fourth-order valence-corrected chi connectivity index (χ4v) is 5.77. The van der Waals surface area contributed by atoms with Crippen molar-refractivity contribution in [3.05, 3.63) is 29.3 Å². The quantitative estimate of drug-likeness (QED) is 0.742. The molecule has 2 aliphatic rings. The second-order valence-electron chi connectivity index (χ2n) is 8.56. The van der Waals surface area contributed by atoms with Crippen LogP contribution < -0.4 is 5.32 Å². The Morgan fingerprint density at radius 3 is 2.21 bits per heavy atom. The standard InChI is InChI=1S/C22H35N3O3S/c1-17-10-11-21(16-18(17)2)29(27,28)25-14-12-24(13-15-25)19(3)22(26)23-20-8-6-4-5-7-9-20/h10-11,16,19-20H,4-9,12-15H2,1-3H3,(H,23,26). The molecule has 29 heavy (non-hydrogen) atoms. The highest BCUT2D eigenvalue weighted by Crippen LogP contribution is 2.21. The van der Waals surface area contributed by atoms with Crippen molar-refractivity contribution in [1.29, 1.82) is 0 Å². The van der Waals surface area contributed by atoms with Crippen molar-refractivity contribution in [3.8, 4) is 0 Å². The zero-order valence-corrected chi connectivity index (χ0v) is 18.8. The molecule has 1 aromatic rings. The van der Waals surface area contributed by atoms with Gasteiger partial charge in [0.2, 0.25) is 15.9 Å². The van der Waals surface area contributed by atoms with Gasteiger partial charge in [0.05, 0.1) is 10.9 Å². The first-order valence-corrected chi connectivity index (χ1v) is 12.3. The first kappa shape index (κ1) is 22.2. The van der Waals surface area contributed by atoms with E-state index in [0.717, 1.165) is 24.0 Å². The fourth-order valence-electron chi connectivity index (χ4n) is 4.27. The monoisotopic (exact) mass is 421 g/mol. The molecule has 1 saturated carbocycles. The minimum Gasteiger partial charge on any atom is -0.352 e. The Kier molecular flexibility index (Phi) is 7.35. The number of carbonyl (C=O) groups is 1. The van der Waals surface area contributed by atoms with Crippen molar-refractivity contribution in [2.45, 2.75) is 76.3 Å². The maximum Gasteiger partial charge on any atom is 0.243 e. The van der Waals surface area contributed by atoms with E-state index >= 15 is 0 Å². The van der Waals surface area contributed by atoms with Crippen LogP contribution in [0, 0.1) is 13.8 Å². The number of rotatable bonds is 5. The topological polar surface area (TPSA) is 69.7 Å². The summed E-state index contributed by atoms with van der Waals surface area (Å²) in [6.07, 6.45) is 7.04. The van der Waals surface area contributed by atoms with E-state index in [4.69, 9.17) is 0 Å². The predicted octanol–water partition coefficient (Wildman–Crippen LogP) is 2.84. The Morgan fingerprint density at radius 2 is 1.62 bits per heavy atom. The third-order valence-electron chi connectivity index (χ3n) is 6.52. The smallest absolute Gasteiger partial charge is 0.243 e. The SMILES string of the molecule is Cc1ccc(S(=O)(=O)N2CCN(C(C)C(=O)NC3CCCCCC3)CC2)cc1C. The van der Waals surface area contributed by atoms with Gasteiger partial charge in [-0.05, 0) is 56.9 Å². The van der Waals surface area contributed by atoms with E-state index in [9.17, 15) is 13.2 Å². The molecular formula is C22H35N3O3S. The number of amides is 1. The molecule has 0 radical (unpaired) electrons. The van der Waals surface area contributed by atoms with Gasteiger partial charge in [-0.15, -0.1) is 0 Å². The van der Waals surface area contributed by atoms with E-state index in [1.807, 2.05) is 26.8 Å². The van der Waals surface area contributed by atoms with Gasteiger partial charge in [-0.1, -0.05) is 31.7 Å². The average molecular weight is 422 g/mol. The molecule has 0 spiro atoms. The van der Waals surface area contributed by atoms with E-state index < -0.39 is 10.0 Å². The Morgan fingerprint density at radius 1 is 1.00 bits per heavy atom. The van der Waals surface area contributed by atoms with Gasteiger partial charge in [0.25, 0.3) is 0 Å². The normalized spacial score (nSPS) is 21.5. The number of nitrogens with zero attached hydrogens (tertiary/aromatic N) is 2. The number of aryl methyl sites for hydroxylation is 2. The third kappa shape index (κ3) is 5.38. The largest absolute Gasteiger partial charge is 0.352 e. The second kappa shape index (κ2) is 9.58. The highest BCUT2D eigenvalue weighted by molar-refractivity contribution is 7.89. The van der Waals surface area contributed by atoms with E-state index in [2.05, 4.69) is 10.2 Å². The molecule has 1 atom stereocenters. The summed E-state index contributed by atoms with van der Waals surface area (Å²) >= 11 is 0. The Bertz CT molecular complexity index is 809. The molecule has 1 unspecified atom stereocenters. The minimum atomic E-state index is -3.49. The van der Waals surface area contributed by atoms with Crippen molar-refractivity contribution in [1.82, 2.24) is 14.5 Å². The lowest BCUT2D eigenvalue weighted by atomic mass is 10.1. The summed E-state index contributed by atoms with van der Waals surface area (Å²) in [6.45, 7) is 7.81. The van der Waals surface area contributed by atoms with Crippen LogP contribution in [0.4, 0.5) is 0 Å². The van der Waals surface area contributed by atoms with Crippen LogP contribution in [0.25, 0.3) is 0 Å². The van der Waals surface area contributed by atoms with Crippen molar-refractivity contribution >= 4 is 15.9 Å². The van der Waals surface area contributed by atoms with Crippen LogP contribution in [-0.2, 0) is 14.8 Å². The Balaban J connectivity index is 1.56. The van der Waals surface area contributed by atoms with Gasteiger partial charge in [0, 0.05) is 32.2 Å². The van der Waals surface area contributed by atoms with E-state index in [1.165, 1.54) is 25.7 Å². The predicted molar refractivity (Wildman–Crippen MR) is 115 cm³/mol. The average Bonchev–Trinajstić information content (AvgIpc) is 2.98. The van der Waals surface area contributed by atoms with Gasteiger partial charge in [0.1, 0.15) is 0 Å². The second-order valence-corrected chi connectivity index (χ2v) is 10.5. The Labute approximate surface area is 175 Å². The van der Waals surface area contributed by atoms with Crippen molar-refractivity contribution in [2.24, 2.45) is 0 Å². The van der Waals surface area contributed by atoms with E-state index in [1.54, 1.807) is 16.4 Å². The molecule has 0 bridgehead atoms. The molecular weight excluding hydrogens is 386 g/mol. The van der Waals surface area contributed by atoms with Crippen molar-refractivity contribution in [3.63, 3.8) is 0 Å². The highest BCUT2D eigenvalue weighted by Gasteiger charge is 2.32. The van der Waals surface area contributed by atoms with Gasteiger partial charge >= 0.3 is 0 Å². The van der Waals surface area contributed by atoms with E-state index in [-0.39, 0.29) is 11.9 Å². The number of hydrogen-bond acceptors (Lipinski definition) is 4. The van der Waals surface area contributed by atoms with Crippen LogP contribution in [-0.4, -0.2) is 61.8 Å². The molecule has 1 saturated heterocycles. The van der Waals surface area contributed by atoms with Gasteiger partial charge in [-0.25, -0.2) is 8.42 Å². The fraction of sp³-hybridized carbons (Fsp3) is 0.682. The van der Waals surface area contributed by atoms with Crippen LogP contribution >= 0.6 is 0 Å². The maximum atomic E-state index is 13.0. The van der Waals surface area contributed by atoms with E-state index in [0.29, 0.717) is 37.1 Å². The molecule has 1 heterocycles. The first-order valence-electron chi connectivity index (χ1n) is 10.9. The zero-order chi connectivity index (χ0) is 21.0. The van der Waals surface area contributed by atoms with Crippen LogP contribution in [0.2, 0.25) is 0 Å². The minimum absolute atomic E-state index is 0.0716. The van der Waals surface area contributed by atoms with Gasteiger partial charge in [0.15, 0.2) is 0 Å². The van der Waals surface area contributed by atoms with Gasteiger partial charge in [-0.3, -0.25) is 9.69 Å². The number of hydrogen-bond donors (Lipinski definition) is 1. The van der Waals surface area contributed by atoms with Crippen molar-refractivity contribution in [2.75, 3.05) is 26.2 Å². The van der Waals surface area contributed by atoms with Crippen molar-refractivity contribution < 1.29 is 13.2 Å². The molecule has 1 aromatic carbocycles. The number of nitrogens with one attached hydrogen (secondary N) is 1. The summed E-state index contributed by atoms with van der Waals surface area (Å²) in [5.41, 5.74) is 2.07. The van der Waals surface area contributed by atoms with Crippen LogP contribution in [0.5, 0.6) is 0 Å². The lowest BCUT2D eigenvalue weighted by Gasteiger charge is -2.37. The summed E-state index contributed by atoms with van der Waals surface area (Å²) in [5, 5.41) is 3.22. The lowest BCUT2D eigenvalue weighted by molar-refractivity contribution is -0.127. The number of carbonyl (C=O) groups excluding carboxylic acids is 1. The summed E-state index contributed by atoms with van der Waals surface area (Å²) < 4.78 is 27.5. The molecule has 0 aromatic heterocycles. The lowest BCUT2D eigenvalue weighted by Crippen LogP contribution is -2.55. The van der Waals surface area contributed by atoms with Crippen LogP contribution in [0.15, 0.2) is 23.1 Å². The molecule has 1 N–H and O–H groups in total. The zero-order valence-electron chi connectivity index (χ0n) is 18.0. The number of benzene rings is 1. The summed E-state index contributed by atoms with van der Waals surface area (Å²) in [4.78, 5) is 15.2. The molecule has 162 valence electrons. The van der Waals surface area contributed by atoms with Crippen LogP contribution in [0.1, 0.15) is 56.6 Å². The molecule has 1 aliphatic heterocycles. The number of sulfonamides is 1. The highest BCUT2D eigenvalue weighted by atomic mass is 32.2. The summed E-state index contributed by atoms with van der Waals surface area (Å²) in [5.74, 6) is 0.0716. The molecule has 3 rings (SSSR count). The molecule has 2 fully saturated rings.